The molecule has 1 aromatic heterocycles. The Labute approximate surface area is 158 Å². The summed E-state index contributed by atoms with van der Waals surface area (Å²) in [6, 6.07) is 18.0. The number of nitrogens with one attached hydrogen (secondary N) is 1. The van der Waals surface area contributed by atoms with Gasteiger partial charge >= 0.3 is 0 Å². The van der Waals surface area contributed by atoms with Crippen molar-refractivity contribution in [2.75, 3.05) is 34.1 Å². The van der Waals surface area contributed by atoms with Gasteiger partial charge in [0.2, 0.25) is 5.95 Å². The third kappa shape index (κ3) is 3.26. The molecule has 0 saturated heterocycles. The molecule has 3 N–H and O–H groups in total. The van der Waals surface area contributed by atoms with E-state index >= 15 is 0 Å². The van der Waals surface area contributed by atoms with E-state index in [9.17, 15) is 0 Å². The van der Waals surface area contributed by atoms with Crippen molar-refractivity contribution in [3.05, 3.63) is 60.8 Å². The molecule has 1 fully saturated rings. The molecule has 0 amide bonds. The van der Waals surface area contributed by atoms with Crippen molar-refractivity contribution in [3.63, 3.8) is 0 Å². The predicted molar refractivity (Wildman–Crippen MR) is 110 cm³/mol. The van der Waals surface area contributed by atoms with E-state index in [1.165, 1.54) is 12.8 Å². The molecule has 0 bridgehead atoms. The number of hydrogen-bond donors (Lipinski definition) is 2. The summed E-state index contributed by atoms with van der Waals surface area (Å²) < 4.78 is 0. The molecule has 1 aliphatic heterocycles. The normalized spacial score (nSPS) is 15.7. The van der Waals surface area contributed by atoms with Gasteiger partial charge in [0, 0.05) is 23.6 Å². The molecular formula is C21H22N6. The van der Waals surface area contributed by atoms with Crippen LogP contribution in [0.25, 0.3) is 0 Å². The molecule has 0 atom stereocenters. The van der Waals surface area contributed by atoms with Gasteiger partial charge in [0.1, 0.15) is 5.69 Å². The molecule has 0 spiro atoms. The lowest BCUT2D eigenvalue weighted by Gasteiger charge is -2.21. The van der Waals surface area contributed by atoms with E-state index in [1.807, 2.05) is 54.7 Å². The minimum Gasteiger partial charge on any atom is -0.399 e. The number of nitrogens with zero attached hydrogens (tertiary/aromatic N) is 4. The van der Waals surface area contributed by atoms with E-state index in [1.54, 1.807) is 0 Å². The minimum atomic E-state index is 0.599. The van der Waals surface area contributed by atoms with Crippen LogP contribution < -0.4 is 20.9 Å². The van der Waals surface area contributed by atoms with Gasteiger partial charge in [-0.1, -0.05) is 24.3 Å². The lowest BCUT2D eigenvalue weighted by Crippen LogP contribution is -2.29. The molecule has 1 saturated carbocycles. The van der Waals surface area contributed by atoms with E-state index in [2.05, 4.69) is 26.2 Å². The van der Waals surface area contributed by atoms with E-state index in [0.717, 1.165) is 47.7 Å². The van der Waals surface area contributed by atoms with Crippen LogP contribution in [-0.4, -0.2) is 23.2 Å². The van der Waals surface area contributed by atoms with Gasteiger partial charge < -0.3 is 20.9 Å². The first-order valence-corrected chi connectivity index (χ1v) is 9.33. The van der Waals surface area contributed by atoms with Crippen LogP contribution in [-0.2, 0) is 0 Å². The van der Waals surface area contributed by atoms with Crippen molar-refractivity contribution >= 4 is 34.5 Å². The fraction of sp³-hybridized carbons (Fsp3) is 0.238. The monoisotopic (exact) mass is 358 g/mol. The van der Waals surface area contributed by atoms with Gasteiger partial charge in [-0.3, -0.25) is 0 Å². The third-order valence-electron chi connectivity index (χ3n) is 5.05. The average molecular weight is 358 g/mol. The Bertz CT molecular complexity index is 954. The zero-order valence-corrected chi connectivity index (χ0v) is 15.0. The van der Waals surface area contributed by atoms with Crippen LogP contribution in [0.2, 0.25) is 0 Å². The Morgan fingerprint density at radius 1 is 1.07 bits per heavy atom. The fourth-order valence-electron chi connectivity index (χ4n) is 3.48. The largest absolute Gasteiger partial charge is 0.399 e. The first-order chi connectivity index (χ1) is 13.3. The number of anilines is 6. The first-order valence-electron chi connectivity index (χ1n) is 9.33. The molecule has 6 heteroatoms. The molecule has 2 heterocycles. The fourth-order valence-corrected chi connectivity index (χ4v) is 3.48. The van der Waals surface area contributed by atoms with E-state index < -0.39 is 0 Å². The van der Waals surface area contributed by atoms with Crippen molar-refractivity contribution in [2.45, 2.75) is 12.8 Å². The number of aromatic nitrogens is 2. The molecule has 0 radical (unpaired) electrons. The molecule has 136 valence electrons. The van der Waals surface area contributed by atoms with Gasteiger partial charge in [-0.2, -0.15) is 4.98 Å². The van der Waals surface area contributed by atoms with Crippen LogP contribution >= 0.6 is 0 Å². The number of nitrogen functional groups attached to an aromatic ring is 1. The highest BCUT2D eigenvalue weighted by molar-refractivity contribution is 5.80. The summed E-state index contributed by atoms with van der Waals surface area (Å²) in [7, 11) is 0. The van der Waals surface area contributed by atoms with Gasteiger partial charge in [-0.25, -0.2) is 4.98 Å². The van der Waals surface area contributed by atoms with Gasteiger partial charge in [0.15, 0.2) is 5.82 Å². The summed E-state index contributed by atoms with van der Waals surface area (Å²) in [5.74, 6) is 2.32. The van der Waals surface area contributed by atoms with Crippen molar-refractivity contribution in [3.8, 4) is 0 Å². The second-order valence-electron chi connectivity index (χ2n) is 7.22. The highest BCUT2D eigenvalue weighted by atomic mass is 15.4. The molecule has 2 aromatic carbocycles. The Hall–Kier alpha value is -3.28. The van der Waals surface area contributed by atoms with Gasteiger partial charge in [0.25, 0.3) is 0 Å². The van der Waals surface area contributed by atoms with Crippen LogP contribution in [0.5, 0.6) is 0 Å². The van der Waals surface area contributed by atoms with E-state index in [-0.39, 0.29) is 0 Å². The molecular weight excluding hydrogens is 336 g/mol. The number of fused-ring (bicyclic) bond motifs is 1. The molecule has 1 aliphatic carbocycles. The standard InChI is InChI=1S/C21H22N6/c22-16-5-4-8-18(11-16)27-14-26(13-15-9-10-15)19-12-23-21(25-20(19)27)24-17-6-2-1-3-7-17/h1-8,11-12,15H,9-10,13-14,22H2,(H,23,24,25). The summed E-state index contributed by atoms with van der Waals surface area (Å²) in [5, 5.41) is 3.29. The number of benzene rings is 2. The number of hydrogen-bond acceptors (Lipinski definition) is 6. The summed E-state index contributed by atoms with van der Waals surface area (Å²) >= 11 is 0. The lowest BCUT2D eigenvalue weighted by atomic mass is 10.2. The Balaban J connectivity index is 1.50. The van der Waals surface area contributed by atoms with Crippen LogP contribution in [0.15, 0.2) is 60.8 Å². The number of para-hydroxylation sites is 1. The van der Waals surface area contributed by atoms with Crippen molar-refractivity contribution < 1.29 is 0 Å². The highest BCUT2D eigenvalue weighted by Crippen LogP contribution is 2.42. The quantitative estimate of drug-likeness (QED) is 0.669. The third-order valence-corrected chi connectivity index (χ3v) is 5.05. The van der Waals surface area contributed by atoms with Crippen LogP contribution in [0.1, 0.15) is 12.8 Å². The summed E-state index contributed by atoms with van der Waals surface area (Å²) in [6.45, 7) is 1.83. The summed E-state index contributed by atoms with van der Waals surface area (Å²) in [4.78, 5) is 14.0. The maximum Gasteiger partial charge on any atom is 0.229 e. The number of nitrogens with two attached hydrogens (primary N) is 1. The van der Waals surface area contributed by atoms with Crippen LogP contribution in [0, 0.1) is 5.92 Å². The zero-order valence-electron chi connectivity index (χ0n) is 15.0. The lowest BCUT2D eigenvalue weighted by molar-refractivity contribution is 0.745. The highest BCUT2D eigenvalue weighted by Gasteiger charge is 2.33. The molecule has 3 aromatic rings. The zero-order chi connectivity index (χ0) is 18.2. The van der Waals surface area contributed by atoms with Crippen molar-refractivity contribution in [1.82, 2.24) is 9.97 Å². The Morgan fingerprint density at radius 3 is 2.70 bits per heavy atom. The molecule has 2 aliphatic rings. The van der Waals surface area contributed by atoms with Crippen molar-refractivity contribution in [2.24, 2.45) is 5.92 Å². The molecule has 6 nitrogen and oxygen atoms in total. The van der Waals surface area contributed by atoms with E-state index in [4.69, 9.17) is 10.7 Å². The van der Waals surface area contributed by atoms with Gasteiger partial charge in [-0.05, 0) is 49.1 Å². The smallest absolute Gasteiger partial charge is 0.229 e. The van der Waals surface area contributed by atoms with Crippen LogP contribution in [0.3, 0.4) is 0 Å². The second kappa shape index (κ2) is 6.46. The van der Waals surface area contributed by atoms with E-state index in [0.29, 0.717) is 5.95 Å². The average Bonchev–Trinajstić information content (AvgIpc) is 3.43. The molecule has 27 heavy (non-hydrogen) atoms. The van der Waals surface area contributed by atoms with Crippen molar-refractivity contribution in [1.29, 1.82) is 0 Å². The van der Waals surface area contributed by atoms with Gasteiger partial charge in [-0.15, -0.1) is 0 Å². The predicted octanol–water partition coefficient (Wildman–Crippen LogP) is 4.13. The van der Waals surface area contributed by atoms with Gasteiger partial charge in [0.05, 0.1) is 12.9 Å². The second-order valence-corrected chi connectivity index (χ2v) is 7.22. The summed E-state index contributed by atoms with van der Waals surface area (Å²) in [6.07, 6.45) is 4.57. The minimum absolute atomic E-state index is 0.599. The Morgan fingerprint density at radius 2 is 1.93 bits per heavy atom. The van der Waals surface area contributed by atoms with Crippen LogP contribution in [0.4, 0.5) is 34.5 Å². The SMILES string of the molecule is Nc1cccc(N2CN(CC3CC3)c3cnc(Nc4ccccc4)nc32)c1. The maximum atomic E-state index is 6.02. The molecule has 5 rings (SSSR count). The maximum absolute atomic E-state index is 6.02. The first kappa shape index (κ1) is 15.9. The summed E-state index contributed by atoms with van der Waals surface area (Å²) in [5.41, 5.74) is 9.89. The topological polar surface area (TPSA) is 70.3 Å². The molecule has 0 unspecified atom stereocenters. The number of rotatable bonds is 5. The Kier molecular flexibility index (Phi) is 3.81.